The van der Waals surface area contributed by atoms with Crippen molar-refractivity contribution in [2.45, 2.75) is 56.1 Å². The van der Waals surface area contributed by atoms with Crippen molar-refractivity contribution >= 4 is 33.3 Å². The van der Waals surface area contributed by atoms with E-state index in [-0.39, 0.29) is 11.6 Å². The predicted molar refractivity (Wildman–Crippen MR) is 134 cm³/mol. The second-order valence-electron chi connectivity index (χ2n) is 8.64. The molecule has 0 aliphatic heterocycles. The zero-order valence-electron chi connectivity index (χ0n) is 19.2. The largest absolute Gasteiger partial charge is 0.309 e. The third-order valence-electron chi connectivity index (χ3n) is 6.20. The summed E-state index contributed by atoms with van der Waals surface area (Å²) in [4.78, 5) is 25.0. The van der Waals surface area contributed by atoms with Crippen molar-refractivity contribution in [3.8, 4) is 0 Å². The fraction of sp³-hybridized carbons (Fsp3) is 0.417. The van der Waals surface area contributed by atoms with Gasteiger partial charge in [-0.05, 0) is 50.9 Å². The maximum atomic E-state index is 12.8. The molecule has 0 unspecified atom stereocenters. The quantitative estimate of drug-likeness (QED) is 0.376. The molecule has 9 heteroatoms. The van der Waals surface area contributed by atoms with E-state index in [4.69, 9.17) is 4.98 Å². The highest BCUT2D eigenvalue weighted by Gasteiger charge is 2.24. The van der Waals surface area contributed by atoms with Gasteiger partial charge in [0.15, 0.2) is 11.0 Å². The minimum atomic E-state index is -0.0138. The second-order valence-corrected chi connectivity index (χ2v) is 10.7. The third-order valence-corrected chi connectivity index (χ3v) is 8.36. The van der Waals surface area contributed by atoms with Gasteiger partial charge in [-0.15, -0.1) is 21.5 Å². The molecule has 172 valence electrons. The summed E-state index contributed by atoms with van der Waals surface area (Å²) in [5, 5.41) is 10.8. The second kappa shape index (κ2) is 9.40. The van der Waals surface area contributed by atoms with Crippen LogP contribution in [0.15, 0.2) is 40.3 Å². The normalized spacial score (nSPS) is 14.3. The highest BCUT2D eigenvalue weighted by atomic mass is 32.2. The lowest BCUT2D eigenvalue weighted by atomic mass is 10.2. The summed E-state index contributed by atoms with van der Waals surface area (Å²) in [6.07, 6.45) is 4.14. The number of hydrogen-bond acceptors (Lipinski definition) is 7. The first-order chi connectivity index (χ1) is 16.0. The van der Waals surface area contributed by atoms with Gasteiger partial charge in [-0.25, -0.2) is 4.98 Å². The van der Waals surface area contributed by atoms with Crippen LogP contribution in [0.3, 0.4) is 0 Å². The molecule has 1 aromatic carbocycles. The van der Waals surface area contributed by atoms with Gasteiger partial charge in [0.1, 0.15) is 10.7 Å². The molecule has 0 spiro atoms. The Bertz CT molecular complexity index is 1320. The predicted octanol–water partition coefficient (Wildman–Crippen LogP) is 4.42. The highest BCUT2D eigenvalue weighted by Crippen LogP contribution is 2.35. The number of hydrogen-bond donors (Lipinski definition) is 1. The summed E-state index contributed by atoms with van der Waals surface area (Å²) < 4.78 is 2.20. The maximum Gasteiger partial charge on any atom is 0.259 e. The first-order valence-electron chi connectivity index (χ1n) is 11.3. The number of H-pyrrole nitrogens is 1. The molecule has 4 aromatic rings. The minimum Gasteiger partial charge on any atom is -0.309 e. The molecule has 0 bridgehead atoms. The maximum absolute atomic E-state index is 12.8. The van der Waals surface area contributed by atoms with Crippen LogP contribution in [-0.4, -0.2) is 43.7 Å². The fourth-order valence-corrected chi connectivity index (χ4v) is 6.69. The molecule has 0 amide bonds. The summed E-state index contributed by atoms with van der Waals surface area (Å²) in [5.74, 6) is 2.19. The van der Waals surface area contributed by atoms with Gasteiger partial charge >= 0.3 is 0 Å². The molecule has 5 rings (SSSR count). The summed E-state index contributed by atoms with van der Waals surface area (Å²) in [6, 6.07) is 10.6. The summed E-state index contributed by atoms with van der Waals surface area (Å²) >= 11 is 3.25. The van der Waals surface area contributed by atoms with Crippen molar-refractivity contribution in [3.05, 3.63) is 68.3 Å². The zero-order chi connectivity index (χ0) is 22.9. The van der Waals surface area contributed by atoms with Crippen molar-refractivity contribution in [2.75, 3.05) is 14.1 Å². The molecule has 0 fully saturated rings. The molecule has 0 saturated heterocycles. The van der Waals surface area contributed by atoms with Crippen LogP contribution in [0.2, 0.25) is 0 Å². The van der Waals surface area contributed by atoms with E-state index in [0.29, 0.717) is 18.1 Å². The lowest BCUT2D eigenvalue weighted by molar-refractivity contribution is 0.272. The molecule has 3 aromatic heterocycles. The lowest BCUT2D eigenvalue weighted by Gasteiger charge is -2.23. The van der Waals surface area contributed by atoms with Crippen molar-refractivity contribution in [1.82, 2.24) is 29.6 Å². The molecule has 0 saturated carbocycles. The smallest absolute Gasteiger partial charge is 0.259 e. The number of aromatic nitrogens is 5. The number of rotatable bonds is 8. The van der Waals surface area contributed by atoms with Gasteiger partial charge in [0.2, 0.25) is 0 Å². The average molecular weight is 481 g/mol. The monoisotopic (exact) mass is 480 g/mol. The van der Waals surface area contributed by atoms with E-state index in [1.165, 1.54) is 16.0 Å². The first kappa shape index (κ1) is 22.3. The SMILES string of the molecule is CC[C@@H](c1nnc(SCc2nc3sc4c(c3c(=O)[nH]2)CCC4)n1Cc1ccccc1)N(C)C. The van der Waals surface area contributed by atoms with E-state index in [2.05, 4.69) is 69.9 Å². The van der Waals surface area contributed by atoms with E-state index in [1.54, 1.807) is 23.1 Å². The summed E-state index contributed by atoms with van der Waals surface area (Å²) in [6.45, 7) is 2.87. The van der Waals surface area contributed by atoms with Crippen LogP contribution in [0.5, 0.6) is 0 Å². The van der Waals surface area contributed by atoms with Crippen LogP contribution in [0.4, 0.5) is 0 Å². The summed E-state index contributed by atoms with van der Waals surface area (Å²) in [5.41, 5.74) is 2.40. The average Bonchev–Trinajstić information content (AvgIpc) is 3.49. The number of nitrogens with one attached hydrogen (secondary N) is 1. The van der Waals surface area contributed by atoms with Crippen molar-refractivity contribution in [2.24, 2.45) is 0 Å². The Balaban J connectivity index is 1.44. The number of fused-ring (bicyclic) bond motifs is 3. The van der Waals surface area contributed by atoms with E-state index in [0.717, 1.165) is 46.9 Å². The van der Waals surface area contributed by atoms with Crippen LogP contribution < -0.4 is 5.56 Å². The van der Waals surface area contributed by atoms with Crippen molar-refractivity contribution in [3.63, 3.8) is 0 Å². The number of benzene rings is 1. The number of aromatic amines is 1. The molecule has 1 atom stereocenters. The molecule has 1 aliphatic rings. The minimum absolute atomic E-state index is 0.0138. The number of aryl methyl sites for hydroxylation is 2. The molecule has 3 heterocycles. The van der Waals surface area contributed by atoms with Crippen molar-refractivity contribution in [1.29, 1.82) is 0 Å². The molecule has 0 radical (unpaired) electrons. The molecule has 33 heavy (non-hydrogen) atoms. The Morgan fingerprint density at radius 1 is 1.21 bits per heavy atom. The van der Waals surface area contributed by atoms with Crippen LogP contribution in [-0.2, 0) is 25.1 Å². The number of thiophene rings is 1. The van der Waals surface area contributed by atoms with Crippen LogP contribution >= 0.6 is 23.1 Å². The van der Waals surface area contributed by atoms with Crippen LogP contribution in [0, 0.1) is 0 Å². The Morgan fingerprint density at radius 3 is 2.79 bits per heavy atom. The van der Waals surface area contributed by atoms with Crippen LogP contribution in [0.25, 0.3) is 10.2 Å². The number of nitrogens with zero attached hydrogens (tertiary/aromatic N) is 5. The van der Waals surface area contributed by atoms with Crippen molar-refractivity contribution < 1.29 is 0 Å². The molecule has 1 aliphatic carbocycles. The standard InChI is InChI=1S/C24H28N6OS2/c1-4-17(29(2)3)21-27-28-24(30(21)13-15-9-6-5-7-10-15)32-14-19-25-22(31)20-16-11-8-12-18(16)33-23(20)26-19/h5-7,9-10,17H,4,8,11-14H2,1-3H3,(H,25,26,31)/t17-/m0/s1. The van der Waals surface area contributed by atoms with E-state index in [1.807, 2.05) is 6.07 Å². The van der Waals surface area contributed by atoms with Crippen LogP contribution in [0.1, 0.15) is 53.5 Å². The Hall–Kier alpha value is -2.49. The highest BCUT2D eigenvalue weighted by molar-refractivity contribution is 7.98. The number of thioether (sulfide) groups is 1. The molecule has 7 nitrogen and oxygen atoms in total. The summed E-state index contributed by atoms with van der Waals surface area (Å²) in [7, 11) is 4.15. The van der Waals surface area contributed by atoms with Gasteiger partial charge in [-0.2, -0.15) is 0 Å². The van der Waals surface area contributed by atoms with Gasteiger partial charge < -0.3 is 9.55 Å². The zero-order valence-corrected chi connectivity index (χ0v) is 20.8. The Morgan fingerprint density at radius 2 is 2.03 bits per heavy atom. The van der Waals surface area contributed by atoms with Gasteiger partial charge in [0.05, 0.1) is 23.7 Å². The molecule has 1 N–H and O–H groups in total. The van der Waals surface area contributed by atoms with Gasteiger partial charge in [0, 0.05) is 4.88 Å². The molecular weight excluding hydrogens is 452 g/mol. The lowest BCUT2D eigenvalue weighted by Crippen LogP contribution is -2.23. The first-order valence-corrected chi connectivity index (χ1v) is 13.1. The Labute approximate surface area is 201 Å². The van der Waals surface area contributed by atoms with E-state index in [9.17, 15) is 4.79 Å². The fourth-order valence-electron chi connectivity index (χ4n) is 4.59. The molecular formula is C24H28N6OS2. The Kier molecular flexibility index (Phi) is 6.36. The van der Waals surface area contributed by atoms with E-state index >= 15 is 0 Å². The van der Waals surface area contributed by atoms with Gasteiger partial charge in [-0.1, -0.05) is 49.0 Å². The van der Waals surface area contributed by atoms with Gasteiger partial charge in [0.25, 0.3) is 5.56 Å². The topological polar surface area (TPSA) is 79.7 Å². The third kappa shape index (κ3) is 4.37. The van der Waals surface area contributed by atoms with E-state index < -0.39 is 0 Å². The van der Waals surface area contributed by atoms with Gasteiger partial charge in [-0.3, -0.25) is 9.69 Å².